The van der Waals surface area contributed by atoms with Gasteiger partial charge in [0.2, 0.25) is 10.0 Å². The second-order valence-corrected chi connectivity index (χ2v) is 7.92. The predicted molar refractivity (Wildman–Crippen MR) is 68.5 cm³/mol. The lowest BCUT2D eigenvalue weighted by Gasteiger charge is -2.27. The van der Waals surface area contributed by atoms with Gasteiger partial charge in [0.15, 0.2) is 0 Å². The molecule has 0 bridgehead atoms. The van der Waals surface area contributed by atoms with Crippen molar-refractivity contribution in [3.8, 4) is 0 Å². The predicted octanol–water partition coefficient (Wildman–Crippen LogP) is 2.56. The molecule has 0 N–H and O–H groups in total. The molecule has 2 saturated carbocycles. The number of nitrogens with zero attached hydrogens (tertiary/aromatic N) is 1. The summed E-state index contributed by atoms with van der Waals surface area (Å²) in [5.41, 5.74) is 0. The van der Waals surface area contributed by atoms with Crippen LogP contribution < -0.4 is 0 Å². The normalized spacial score (nSPS) is 21.4. The van der Waals surface area contributed by atoms with Gasteiger partial charge in [0, 0.05) is 18.5 Å². The van der Waals surface area contributed by atoms with Crippen molar-refractivity contribution in [1.29, 1.82) is 0 Å². The molecule has 0 radical (unpaired) electrons. The third-order valence-electron chi connectivity index (χ3n) is 3.80. The van der Waals surface area contributed by atoms with Crippen molar-refractivity contribution >= 4 is 21.4 Å². The van der Waals surface area contributed by atoms with E-state index in [0.717, 1.165) is 0 Å². The van der Waals surface area contributed by atoms with Crippen LogP contribution in [0.5, 0.6) is 0 Å². The van der Waals surface area contributed by atoms with Crippen molar-refractivity contribution in [1.82, 2.24) is 4.31 Å². The molecule has 0 unspecified atom stereocenters. The van der Waals surface area contributed by atoms with Crippen LogP contribution in [-0.4, -0.2) is 25.8 Å². The lowest BCUT2D eigenvalue weighted by Crippen LogP contribution is -2.39. The first kappa shape index (κ1) is 11.7. The van der Waals surface area contributed by atoms with E-state index in [1.54, 1.807) is 22.8 Å². The number of hydrogen-bond donors (Lipinski definition) is 0. The standard InChI is InChI=1S/C12H17NO2S2/c1-13(12(9-2-3-9)10-4-5-10)17(14,15)11-6-7-16-8-11/h6-10,12H,2-5H2,1H3. The van der Waals surface area contributed by atoms with Crippen LogP contribution in [0.15, 0.2) is 21.7 Å². The van der Waals surface area contributed by atoms with Gasteiger partial charge in [-0.15, -0.1) is 0 Å². The van der Waals surface area contributed by atoms with Crippen LogP contribution >= 0.6 is 11.3 Å². The summed E-state index contributed by atoms with van der Waals surface area (Å²) in [5, 5.41) is 3.55. The second-order valence-electron chi connectivity index (χ2n) is 5.15. The molecule has 1 heterocycles. The van der Waals surface area contributed by atoms with Crippen molar-refractivity contribution in [3.63, 3.8) is 0 Å². The minimum absolute atomic E-state index is 0.250. The van der Waals surface area contributed by atoms with E-state index in [1.165, 1.54) is 37.0 Å². The smallest absolute Gasteiger partial charge is 0.207 e. The lowest BCUT2D eigenvalue weighted by atomic mass is 10.1. The highest BCUT2D eigenvalue weighted by molar-refractivity contribution is 7.89. The summed E-state index contributed by atoms with van der Waals surface area (Å²) in [6.45, 7) is 0. The molecule has 0 aromatic carbocycles. The third kappa shape index (κ3) is 2.16. The molecule has 2 aliphatic carbocycles. The highest BCUT2D eigenvalue weighted by Crippen LogP contribution is 2.47. The fourth-order valence-corrected chi connectivity index (χ4v) is 5.07. The van der Waals surface area contributed by atoms with Crippen LogP contribution in [0.1, 0.15) is 25.7 Å². The van der Waals surface area contributed by atoms with Crippen molar-refractivity contribution < 1.29 is 8.42 Å². The zero-order valence-corrected chi connectivity index (χ0v) is 11.5. The van der Waals surface area contributed by atoms with Crippen molar-refractivity contribution in [2.45, 2.75) is 36.6 Å². The highest BCUT2D eigenvalue weighted by Gasteiger charge is 2.46. The molecule has 0 amide bonds. The van der Waals surface area contributed by atoms with E-state index in [4.69, 9.17) is 0 Å². The molecule has 2 aliphatic rings. The van der Waals surface area contributed by atoms with Gasteiger partial charge >= 0.3 is 0 Å². The molecular formula is C12H17NO2S2. The van der Waals surface area contributed by atoms with Gasteiger partial charge in [0.25, 0.3) is 0 Å². The number of rotatable bonds is 5. The molecule has 1 aromatic rings. The van der Waals surface area contributed by atoms with E-state index in [9.17, 15) is 8.42 Å². The summed E-state index contributed by atoms with van der Waals surface area (Å²) >= 11 is 1.44. The monoisotopic (exact) mass is 271 g/mol. The van der Waals surface area contributed by atoms with Gasteiger partial charge < -0.3 is 0 Å². The molecule has 0 saturated heterocycles. The topological polar surface area (TPSA) is 37.4 Å². The Morgan fingerprint density at radius 2 is 1.88 bits per heavy atom. The molecule has 0 spiro atoms. The summed E-state index contributed by atoms with van der Waals surface area (Å²) in [5.74, 6) is 1.22. The largest absolute Gasteiger partial charge is 0.243 e. The lowest BCUT2D eigenvalue weighted by molar-refractivity contribution is 0.302. The van der Waals surface area contributed by atoms with Gasteiger partial charge in [-0.1, -0.05) is 0 Å². The zero-order valence-electron chi connectivity index (χ0n) is 9.87. The Morgan fingerprint density at radius 3 is 2.29 bits per heavy atom. The van der Waals surface area contributed by atoms with E-state index in [-0.39, 0.29) is 6.04 Å². The van der Waals surface area contributed by atoms with Gasteiger partial charge in [-0.25, -0.2) is 8.42 Å². The Labute approximate surface area is 107 Å². The Balaban J connectivity index is 1.87. The maximum atomic E-state index is 12.4. The quantitative estimate of drug-likeness (QED) is 0.825. The SMILES string of the molecule is CN(C(C1CC1)C1CC1)S(=O)(=O)c1ccsc1. The summed E-state index contributed by atoms with van der Waals surface area (Å²) in [4.78, 5) is 0.455. The maximum absolute atomic E-state index is 12.4. The van der Waals surface area contributed by atoms with Crippen LogP contribution in [0.25, 0.3) is 0 Å². The van der Waals surface area contributed by atoms with Gasteiger partial charge in [-0.05, 0) is 49.0 Å². The van der Waals surface area contributed by atoms with Crippen LogP contribution in [-0.2, 0) is 10.0 Å². The summed E-state index contributed by atoms with van der Waals surface area (Å²) in [6.07, 6.45) is 4.80. The van der Waals surface area contributed by atoms with Gasteiger partial charge in [0.1, 0.15) is 0 Å². The number of hydrogen-bond acceptors (Lipinski definition) is 3. The molecule has 1 aromatic heterocycles. The van der Waals surface area contributed by atoms with Gasteiger partial charge in [-0.2, -0.15) is 15.6 Å². The minimum Gasteiger partial charge on any atom is -0.207 e. The molecule has 2 fully saturated rings. The number of sulfonamides is 1. The van der Waals surface area contributed by atoms with E-state index in [2.05, 4.69) is 0 Å². The highest BCUT2D eigenvalue weighted by atomic mass is 32.2. The first-order valence-corrected chi connectivity index (χ1v) is 8.49. The molecule has 0 aliphatic heterocycles. The maximum Gasteiger partial charge on any atom is 0.243 e. The number of thiophene rings is 1. The average molecular weight is 271 g/mol. The van der Waals surface area contributed by atoms with E-state index >= 15 is 0 Å². The average Bonchev–Trinajstić information content (AvgIpc) is 3.22. The molecular weight excluding hydrogens is 254 g/mol. The van der Waals surface area contributed by atoms with Crippen LogP contribution in [0.3, 0.4) is 0 Å². The zero-order chi connectivity index (χ0) is 12.0. The van der Waals surface area contributed by atoms with Gasteiger partial charge in [0.05, 0.1) is 4.90 Å². The van der Waals surface area contributed by atoms with Crippen molar-refractivity contribution in [2.24, 2.45) is 11.8 Å². The minimum atomic E-state index is -3.26. The molecule has 17 heavy (non-hydrogen) atoms. The summed E-state index contributed by atoms with van der Waals surface area (Å²) in [6, 6.07) is 1.95. The van der Waals surface area contributed by atoms with E-state index < -0.39 is 10.0 Å². The third-order valence-corrected chi connectivity index (χ3v) is 6.49. The molecule has 0 atom stereocenters. The van der Waals surface area contributed by atoms with E-state index in [0.29, 0.717) is 16.7 Å². The van der Waals surface area contributed by atoms with Crippen LogP contribution in [0, 0.1) is 11.8 Å². The van der Waals surface area contributed by atoms with E-state index in [1.807, 2.05) is 5.38 Å². The van der Waals surface area contributed by atoms with Crippen LogP contribution in [0.2, 0.25) is 0 Å². The van der Waals surface area contributed by atoms with Crippen LogP contribution in [0.4, 0.5) is 0 Å². The molecule has 3 nitrogen and oxygen atoms in total. The Hall–Kier alpha value is -0.390. The van der Waals surface area contributed by atoms with Gasteiger partial charge in [-0.3, -0.25) is 0 Å². The van der Waals surface area contributed by atoms with Crippen molar-refractivity contribution in [3.05, 3.63) is 16.8 Å². The first-order chi connectivity index (χ1) is 8.10. The Bertz CT molecular complexity index is 475. The Kier molecular flexibility index (Phi) is 2.80. The summed E-state index contributed by atoms with van der Waals surface area (Å²) in [7, 11) is -1.50. The second kappa shape index (κ2) is 4.07. The first-order valence-electron chi connectivity index (χ1n) is 6.11. The molecule has 5 heteroatoms. The molecule has 94 valence electrons. The Morgan fingerprint density at radius 1 is 1.29 bits per heavy atom. The molecule has 3 rings (SSSR count). The van der Waals surface area contributed by atoms with Crippen molar-refractivity contribution in [2.75, 3.05) is 7.05 Å². The fourth-order valence-electron chi connectivity index (χ4n) is 2.58. The fraction of sp³-hybridized carbons (Fsp3) is 0.667. The summed E-state index contributed by atoms with van der Waals surface area (Å²) < 4.78 is 26.5.